The van der Waals surface area contributed by atoms with Gasteiger partial charge in [0.2, 0.25) is 5.91 Å². The second kappa shape index (κ2) is 13.0. The third kappa shape index (κ3) is 5.56. The quantitative estimate of drug-likeness (QED) is 0.187. The fourth-order valence-corrected chi connectivity index (χ4v) is 9.99. The largest absolute Gasteiger partial charge is 0.381 e. The van der Waals surface area contributed by atoms with Gasteiger partial charge >= 0.3 is 0 Å². The number of aryl methyl sites for hydroxylation is 2. The highest BCUT2D eigenvalue weighted by Crippen LogP contribution is 2.51. The van der Waals surface area contributed by atoms with E-state index in [1.54, 1.807) is 25.3 Å². The van der Waals surface area contributed by atoms with Gasteiger partial charge in [-0.2, -0.15) is 5.26 Å². The minimum Gasteiger partial charge on any atom is -0.381 e. The van der Waals surface area contributed by atoms with Gasteiger partial charge in [-0.05, 0) is 81.5 Å². The van der Waals surface area contributed by atoms with Gasteiger partial charge in [-0.25, -0.2) is 9.37 Å². The lowest BCUT2D eigenvalue weighted by molar-refractivity contribution is -0.134. The van der Waals surface area contributed by atoms with Gasteiger partial charge in [0.15, 0.2) is 5.82 Å². The van der Waals surface area contributed by atoms with Crippen molar-refractivity contribution in [3.63, 3.8) is 0 Å². The van der Waals surface area contributed by atoms with E-state index in [1.807, 2.05) is 13.0 Å². The Labute approximate surface area is 307 Å². The van der Waals surface area contributed by atoms with Crippen LogP contribution in [0, 0.1) is 35.9 Å². The second-order valence-corrected chi connectivity index (χ2v) is 16.1. The molecule has 1 N–H and O–H groups in total. The fourth-order valence-electron chi connectivity index (χ4n) is 9.59. The zero-order valence-electron chi connectivity index (χ0n) is 28.9. The molecule has 3 aliphatic heterocycles. The number of amides is 1. The average molecular weight is 731 g/mol. The number of pyridine rings is 1. The van der Waals surface area contributed by atoms with E-state index in [4.69, 9.17) is 37.7 Å². The molecule has 3 aliphatic carbocycles. The van der Waals surface area contributed by atoms with E-state index in [0.717, 1.165) is 67.4 Å². The van der Waals surface area contributed by atoms with Crippen LogP contribution in [0.2, 0.25) is 10.0 Å². The van der Waals surface area contributed by atoms with Gasteiger partial charge in [-0.3, -0.25) is 4.79 Å². The highest BCUT2D eigenvalue weighted by molar-refractivity contribution is 6.43. The first kappa shape index (κ1) is 33.6. The van der Waals surface area contributed by atoms with Crippen molar-refractivity contribution in [2.24, 2.45) is 11.8 Å². The number of nitrogens with zero attached hydrogens (tertiary/aromatic N) is 4. The number of fused-ring (bicyclic) bond motifs is 4. The van der Waals surface area contributed by atoms with Gasteiger partial charge in [0, 0.05) is 78.3 Å². The summed E-state index contributed by atoms with van der Waals surface area (Å²) in [5.41, 5.74) is 4.52. The van der Waals surface area contributed by atoms with E-state index in [0.29, 0.717) is 58.4 Å². The minimum atomic E-state index is -0.468. The van der Waals surface area contributed by atoms with Crippen LogP contribution >= 0.6 is 23.2 Å². The molecule has 6 fully saturated rings. The summed E-state index contributed by atoms with van der Waals surface area (Å²) in [7, 11) is 1.77. The molecule has 10 rings (SSSR count). The molecule has 51 heavy (non-hydrogen) atoms. The maximum atomic E-state index is 17.2. The molecular weight excluding hydrogens is 688 g/mol. The molecule has 266 valence electrons. The third-order valence-corrected chi connectivity index (χ3v) is 13.1. The van der Waals surface area contributed by atoms with E-state index >= 15 is 4.39 Å². The number of halogens is 3. The van der Waals surface area contributed by atoms with Gasteiger partial charge in [0.1, 0.15) is 5.52 Å². The van der Waals surface area contributed by atoms with Gasteiger partial charge < -0.3 is 24.3 Å². The monoisotopic (exact) mass is 729 g/mol. The number of benzene rings is 2. The van der Waals surface area contributed by atoms with E-state index < -0.39 is 5.82 Å². The molecule has 4 aromatic rings. The number of hydrogen-bond acceptors (Lipinski definition) is 6. The number of rotatable bonds is 9. The number of hydrogen-bond donors (Lipinski definition) is 1. The van der Waals surface area contributed by atoms with Crippen molar-refractivity contribution in [1.29, 1.82) is 5.26 Å². The van der Waals surface area contributed by atoms with Crippen LogP contribution < -0.4 is 5.32 Å². The molecule has 7 unspecified atom stereocenters. The Morgan fingerprint density at radius 3 is 2.63 bits per heavy atom. The van der Waals surface area contributed by atoms with Crippen molar-refractivity contribution >= 4 is 50.9 Å². The van der Waals surface area contributed by atoms with Gasteiger partial charge in [0.25, 0.3) is 0 Å². The summed E-state index contributed by atoms with van der Waals surface area (Å²) in [6, 6.07) is 12.0. The Bertz CT molecular complexity index is 2100. The number of nitriles is 1. The summed E-state index contributed by atoms with van der Waals surface area (Å²) in [4.78, 5) is 21.0. The van der Waals surface area contributed by atoms with Crippen molar-refractivity contribution in [2.45, 2.75) is 101 Å². The molecule has 7 atom stereocenters. The van der Waals surface area contributed by atoms with Crippen LogP contribution in [0.3, 0.4) is 0 Å². The molecule has 1 amide bonds. The minimum absolute atomic E-state index is 0.0722. The van der Waals surface area contributed by atoms with Crippen LogP contribution in [0.4, 0.5) is 4.39 Å². The molecule has 2 aromatic heterocycles. The lowest BCUT2D eigenvalue weighted by atomic mass is 9.79. The first-order valence-corrected chi connectivity index (χ1v) is 19.2. The summed E-state index contributed by atoms with van der Waals surface area (Å²) in [6.45, 7) is 3.44. The van der Waals surface area contributed by atoms with Crippen molar-refractivity contribution in [3.05, 3.63) is 63.1 Å². The molecular formula is C40H42Cl2FN5O3. The topological polar surface area (TPSA) is 92.4 Å². The number of likely N-dealkylation sites (tertiary alicyclic amines) is 1. The second-order valence-electron chi connectivity index (χ2n) is 15.3. The summed E-state index contributed by atoms with van der Waals surface area (Å²) in [5.74, 6) is 0.259. The molecule has 6 aliphatic rings. The van der Waals surface area contributed by atoms with Gasteiger partial charge in [-0.15, -0.1) is 0 Å². The van der Waals surface area contributed by atoms with Crippen LogP contribution in [0.15, 0.2) is 30.3 Å². The summed E-state index contributed by atoms with van der Waals surface area (Å²) >= 11 is 13.1. The molecule has 0 spiro atoms. The highest BCUT2D eigenvalue weighted by atomic mass is 35.5. The lowest BCUT2D eigenvalue weighted by Crippen LogP contribution is -2.41. The Kier molecular flexibility index (Phi) is 8.55. The zero-order chi connectivity index (χ0) is 35.1. The maximum Gasteiger partial charge on any atom is 0.226 e. The Balaban J connectivity index is 1.23. The normalized spacial score (nSPS) is 28.5. The molecule has 8 nitrogen and oxygen atoms in total. The highest BCUT2D eigenvalue weighted by Gasteiger charge is 2.51. The predicted molar refractivity (Wildman–Crippen MR) is 195 cm³/mol. The Morgan fingerprint density at radius 1 is 1.10 bits per heavy atom. The molecule has 11 heteroatoms. The summed E-state index contributed by atoms with van der Waals surface area (Å²) in [5, 5.41) is 15.6. The van der Waals surface area contributed by atoms with Crippen molar-refractivity contribution in [1.82, 2.24) is 19.8 Å². The van der Waals surface area contributed by atoms with Crippen LogP contribution in [0.5, 0.6) is 0 Å². The number of nitrogens with one attached hydrogen (secondary N) is 1. The van der Waals surface area contributed by atoms with E-state index in [2.05, 4.69) is 26.9 Å². The van der Waals surface area contributed by atoms with E-state index in [1.165, 1.54) is 0 Å². The Hall–Kier alpha value is -3.26. The number of carbonyl (C=O) groups is 1. The summed E-state index contributed by atoms with van der Waals surface area (Å²) in [6.07, 6.45) is 7.34. The molecule has 3 saturated carbocycles. The summed E-state index contributed by atoms with van der Waals surface area (Å²) < 4.78 is 32.0. The number of carbonyl (C=O) groups excluding carboxylic acids is 1. The standard InChI is InChI=1S/C40H42Cl2FN5O3/c1-20-28-17-33(32-16-26(19-47(32)40(49)21-8-9-21)51-25-11-10-24(15-25)50-2)48(38-23-14-31(38)45-18-23)39(28)29-13-22(5-4-12-44)34(36(43)37(29)46-20)27-6-3-7-30(41)35(27)42/h3,6-7,13,17,21,23-26,31-32,38,45H,4-5,8-11,14-16,18-19H2,1-2H3. The molecule has 5 heterocycles. The lowest BCUT2D eigenvalue weighted by Gasteiger charge is -2.39. The molecule has 0 radical (unpaired) electrons. The molecule has 2 bridgehead atoms. The predicted octanol–water partition coefficient (Wildman–Crippen LogP) is 8.24. The third-order valence-electron chi connectivity index (χ3n) is 12.3. The number of aromatic nitrogens is 2. The van der Waals surface area contributed by atoms with Crippen LogP contribution in [0.25, 0.3) is 32.9 Å². The van der Waals surface area contributed by atoms with E-state index in [-0.39, 0.29) is 59.2 Å². The van der Waals surface area contributed by atoms with E-state index in [9.17, 15) is 10.1 Å². The van der Waals surface area contributed by atoms with Crippen molar-refractivity contribution < 1.29 is 18.7 Å². The van der Waals surface area contributed by atoms with Gasteiger partial charge in [-0.1, -0.05) is 35.3 Å². The maximum absolute atomic E-state index is 17.2. The molecule has 2 aromatic carbocycles. The van der Waals surface area contributed by atoms with Crippen LogP contribution in [-0.4, -0.2) is 64.9 Å². The number of ether oxygens (including phenoxy) is 2. The SMILES string of the molecule is COC1CCC(OC2CC(c3cc4c(C)nc5c(F)c(-c6cccc(Cl)c6Cl)c(CCC#N)cc5c4n3C3C4CNC3C4)N(C(=O)C3CC3)C2)C1. The Morgan fingerprint density at radius 2 is 1.92 bits per heavy atom. The van der Waals surface area contributed by atoms with Gasteiger partial charge in [0.05, 0.1) is 52.0 Å². The number of methoxy groups -OCH3 is 1. The first-order valence-electron chi connectivity index (χ1n) is 18.5. The smallest absolute Gasteiger partial charge is 0.226 e. The van der Waals surface area contributed by atoms with Crippen LogP contribution in [0.1, 0.15) is 80.4 Å². The van der Waals surface area contributed by atoms with Crippen molar-refractivity contribution in [2.75, 3.05) is 20.2 Å². The van der Waals surface area contributed by atoms with Crippen molar-refractivity contribution in [3.8, 4) is 17.2 Å². The molecule has 3 saturated heterocycles. The fraction of sp³-hybridized carbons (Fsp3) is 0.525. The zero-order valence-corrected chi connectivity index (χ0v) is 30.4. The average Bonchev–Trinajstić information content (AvgIpc) is 3.58. The first-order chi connectivity index (χ1) is 24.7. The van der Waals surface area contributed by atoms with Crippen LogP contribution in [-0.2, 0) is 20.7 Å².